The van der Waals surface area contributed by atoms with E-state index in [-0.39, 0.29) is 0 Å². The normalized spacial score (nSPS) is 12.8. The highest BCUT2D eigenvalue weighted by Crippen LogP contribution is 2.23. The lowest BCUT2D eigenvalue weighted by Crippen LogP contribution is -2.34. The van der Waals surface area contributed by atoms with E-state index in [0.29, 0.717) is 6.04 Å². The Morgan fingerprint density at radius 3 is 2.60 bits per heavy atom. The molecular weight excluding hydrogens is 290 g/mol. The summed E-state index contributed by atoms with van der Waals surface area (Å²) in [5.74, 6) is 2.36. The average molecular weight is 318 g/mol. The summed E-state index contributed by atoms with van der Waals surface area (Å²) < 4.78 is 2.07. The van der Waals surface area contributed by atoms with Crippen molar-refractivity contribution in [3.63, 3.8) is 0 Å². The zero-order valence-corrected chi connectivity index (χ0v) is 14.8. The minimum Gasteiger partial charge on any atom is -0.313 e. The van der Waals surface area contributed by atoms with Crippen molar-refractivity contribution in [1.82, 2.24) is 15.1 Å². The number of likely N-dealkylation sites (N-methyl/N-ethyl adjacent to an activating group) is 1. The van der Waals surface area contributed by atoms with Crippen LogP contribution in [-0.2, 0) is 19.4 Å². The van der Waals surface area contributed by atoms with Gasteiger partial charge in [-0.2, -0.15) is 16.9 Å². The number of hydrogen-bond donors (Lipinski definition) is 1. The molecule has 0 spiro atoms. The van der Waals surface area contributed by atoms with Gasteiger partial charge in [-0.1, -0.05) is 32.4 Å². The Morgan fingerprint density at radius 2 is 2.05 bits per heavy atom. The summed E-state index contributed by atoms with van der Waals surface area (Å²) in [4.78, 5) is 0. The van der Waals surface area contributed by atoms with E-state index in [2.05, 4.69) is 42.8 Å². The molecule has 0 amide bonds. The van der Waals surface area contributed by atoms with Crippen LogP contribution in [0.4, 0.5) is 0 Å². The van der Waals surface area contributed by atoms with Crippen LogP contribution in [0.2, 0.25) is 5.02 Å². The smallest absolute Gasteiger partial charge is 0.0850 e. The van der Waals surface area contributed by atoms with E-state index in [1.54, 1.807) is 0 Å². The minimum atomic E-state index is 0.473. The maximum absolute atomic E-state index is 6.50. The first-order chi connectivity index (χ1) is 9.67. The van der Waals surface area contributed by atoms with Crippen molar-refractivity contribution in [1.29, 1.82) is 0 Å². The van der Waals surface area contributed by atoms with Crippen LogP contribution in [0.1, 0.15) is 45.5 Å². The summed E-state index contributed by atoms with van der Waals surface area (Å²) >= 11 is 8.51. The molecule has 0 aromatic carbocycles. The molecule has 0 fully saturated rings. The topological polar surface area (TPSA) is 29.9 Å². The van der Waals surface area contributed by atoms with Gasteiger partial charge in [-0.05, 0) is 32.1 Å². The molecule has 0 saturated carbocycles. The Morgan fingerprint density at radius 1 is 1.30 bits per heavy atom. The first kappa shape index (κ1) is 17.9. The maximum Gasteiger partial charge on any atom is 0.0850 e. The fourth-order valence-corrected chi connectivity index (χ4v) is 3.62. The quantitative estimate of drug-likeness (QED) is 0.666. The molecule has 1 atom stereocenters. The molecule has 0 saturated heterocycles. The third kappa shape index (κ3) is 4.97. The van der Waals surface area contributed by atoms with Crippen LogP contribution in [-0.4, -0.2) is 33.9 Å². The fraction of sp³-hybridized carbons (Fsp3) is 0.800. The van der Waals surface area contributed by atoms with E-state index >= 15 is 0 Å². The molecule has 0 aliphatic rings. The Bertz CT molecular complexity index is 393. The molecule has 1 rings (SSSR count). The number of aromatic nitrogens is 2. The van der Waals surface area contributed by atoms with Gasteiger partial charge in [0.1, 0.15) is 0 Å². The second kappa shape index (κ2) is 9.69. The van der Waals surface area contributed by atoms with Gasteiger partial charge in [0.05, 0.1) is 16.4 Å². The summed E-state index contributed by atoms with van der Waals surface area (Å²) in [6, 6.07) is 0.473. The zero-order chi connectivity index (χ0) is 15.0. The number of thioether (sulfide) groups is 1. The lowest BCUT2D eigenvalue weighted by atomic mass is 10.1. The standard InChI is InChI=1S/C15H28ClN3S/c1-5-9-20-11-12(17-7-3)10-14-15(16)13(6-2)18-19(14)8-4/h12,17H,5-11H2,1-4H3. The van der Waals surface area contributed by atoms with Crippen LogP contribution in [0.15, 0.2) is 0 Å². The molecule has 1 unspecified atom stereocenters. The van der Waals surface area contributed by atoms with Crippen molar-refractivity contribution in [2.24, 2.45) is 0 Å². The molecule has 0 aliphatic heterocycles. The minimum absolute atomic E-state index is 0.473. The SMILES string of the molecule is CCCSCC(Cc1c(Cl)c(CC)nn1CC)NCC. The number of nitrogens with one attached hydrogen (secondary N) is 1. The predicted octanol–water partition coefficient (Wildman–Crippen LogP) is 3.78. The van der Waals surface area contributed by atoms with Gasteiger partial charge >= 0.3 is 0 Å². The van der Waals surface area contributed by atoms with Crippen LogP contribution in [0.25, 0.3) is 0 Å². The molecule has 1 heterocycles. The van der Waals surface area contributed by atoms with E-state index in [4.69, 9.17) is 11.6 Å². The van der Waals surface area contributed by atoms with Crippen LogP contribution in [0, 0.1) is 0 Å². The fourth-order valence-electron chi connectivity index (χ4n) is 2.29. The molecule has 0 radical (unpaired) electrons. The zero-order valence-electron chi connectivity index (χ0n) is 13.2. The Kier molecular flexibility index (Phi) is 8.66. The van der Waals surface area contributed by atoms with Crippen molar-refractivity contribution in [2.45, 2.75) is 59.5 Å². The number of hydrogen-bond acceptors (Lipinski definition) is 3. The average Bonchev–Trinajstić information content (AvgIpc) is 2.75. The van der Waals surface area contributed by atoms with E-state index in [1.165, 1.54) is 17.9 Å². The lowest BCUT2D eigenvalue weighted by molar-refractivity contribution is 0.533. The van der Waals surface area contributed by atoms with Gasteiger partial charge in [-0.3, -0.25) is 4.68 Å². The highest BCUT2D eigenvalue weighted by Gasteiger charge is 2.18. The van der Waals surface area contributed by atoms with Gasteiger partial charge in [0.2, 0.25) is 0 Å². The van der Waals surface area contributed by atoms with Crippen molar-refractivity contribution >= 4 is 23.4 Å². The lowest BCUT2D eigenvalue weighted by Gasteiger charge is -2.18. The number of nitrogens with zero attached hydrogens (tertiary/aromatic N) is 2. The van der Waals surface area contributed by atoms with Crippen LogP contribution in [0.5, 0.6) is 0 Å². The molecule has 5 heteroatoms. The molecule has 0 bridgehead atoms. The summed E-state index contributed by atoms with van der Waals surface area (Å²) in [5, 5.41) is 9.05. The van der Waals surface area contributed by atoms with Gasteiger partial charge in [0.25, 0.3) is 0 Å². The summed E-state index contributed by atoms with van der Waals surface area (Å²) in [5.41, 5.74) is 2.22. The largest absolute Gasteiger partial charge is 0.313 e. The highest BCUT2D eigenvalue weighted by atomic mass is 35.5. The van der Waals surface area contributed by atoms with Gasteiger partial charge in [0, 0.05) is 24.8 Å². The van der Waals surface area contributed by atoms with Crippen molar-refractivity contribution in [3.05, 3.63) is 16.4 Å². The van der Waals surface area contributed by atoms with E-state index in [0.717, 1.165) is 42.4 Å². The molecule has 1 aromatic rings. The number of rotatable bonds is 10. The monoisotopic (exact) mass is 317 g/mol. The van der Waals surface area contributed by atoms with E-state index in [1.807, 2.05) is 11.8 Å². The molecule has 0 aliphatic carbocycles. The Hall–Kier alpha value is -0.190. The molecular formula is C15H28ClN3S. The van der Waals surface area contributed by atoms with Crippen LogP contribution in [0.3, 0.4) is 0 Å². The molecule has 3 nitrogen and oxygen atoms in total. The first-order valence-corrected chi connectivity index (χ1v) is 9.26. The summed E-state index contributed by atoms with van der Waals surface area (Å²) in [6.45, 7) is 10.5. The van der Waals surface area contributed by atoms with Crippen molar-refractivity contribution in [3.8, 4) is 0 Å². The molecule has 1 N–H and O–H groups in total. The Labute approximate surface area is 132 Å². The highest BCUT2D eigenvalue weighted by molar-refractivity contribution is 7.99. The second-order valence-corrected chi connectivity index (χ2v) is 6.44. The van der Waals surface area contributed by atoms with Gasteiger partial charge in [0.15, 0.2) is 0 Å². The van der Waals surface area contributed by atoms with Crippen molar-refractivity contribution in [2.75, 3.05) is 18.1 Å². The Balaban J connectivity index is 2.78. The second-order valence-electron chi connectivity index (χ2n) is 4.91. The van der Waals surface area contributed by atoms with E-state index in [9.17, 15) is 0 Å². The maximum atomic E-state index is 6.50. The molecule has 20 heavy (non-hydrogen) atoms. The third-order valence-electron chi connectivity index (χ3n) is 3.29. The van der Waals surface area contributed by atoms with Crippen LogP contribution < -0.4 is 5.32 Å². The number of halogens is 1. The first-order valence-electron chi connectivity index (χ1n) is 7.72. The summed E-state index contributed by atoms with van der Waals surface area (Å²) in [6.07, 6.45) is 3.09. The predicted molar refractivity (Wildman–Crippen MR) is 91.1 cm³/mol. The summed E-state index contributed by atoms with van der Waals surface area (Å²) in [7, 11) is 0. The van der Waals surface area contributed by atoms with E-state index < -0.39 is 0 Å². The van der Waals surface area contributed by atoms with Crippen LogP contribution >= 0.6 is 23.4 Å². The van der Waals surface area contributed by atoms with Gasteiger partial charge < -0.3 is 5.32 Å². The van der Waals surface area contributed by atoms with Gasteiger partial charge in [-0.25, -0.2) is 0 Å². The van der Waals surface area contributed by atoms with Crippen molar-refractivity contribution < 1.29 is 0 Å². The van der Waals surface area contributed by atoms with Gasteiger partial charge in [-0.15, -0.1) is 0 Å². The third-order valence-corrected chi connectivity index (χ3v) is 5.07. The number of aryl methyl sites for hydroxylation is 2. The molecule has 116 valence electrons. The molecule has 1 aromatic heterocycles.